The fourth-order valence-corrected chi connectivity index (χ4v) is 4.09. The molecule has 4 nitrogen and oxygen atoms in total. The van der Waals surface area contributed by atoms with E-state index in [4.69, 9.17) is 0 Å². The Bertz CT molecular complexity index is 616. The molecule has 1 N–H and O–H groups in total. The summed E-state index contributed by atoms with van der Waals surface area (Å²) in [7, 11) is 0. The minimum atomic E-state index is -1.18. The van der Waals surface area contributed by atoms with Gasteiger partial charge in [-0.25, -0.2) is 0 Å². The highest BCUT2D eigenvalue weighted by molar-refractivity contribution is 5.91. The first-order valence-electron chi connectivity index (χ1n) is 11.8. The van der Waals surface area contributed by atoms with Crippen molar-refractivity contribution in [2.24, 2.45) is 17.3 Å². The molecule has 0 aliphatic heterocycles. The van der Waals surface area contributed by atoms with Crippen LogP contribution in [-0.4, -0.2) is 18.4 Å². The summed E-state index contributed by atoms with van der Waals surface area (Å²) in [5.74, 6) is -1.85. The zero-order valence-electron chi connectivity index (χ0n) is 19.5. The largest absolute Gasteiger partial charge is 0.549 e. The zero-order valence-corrected chi connectivity index (χ0v) is 19.5. The molecule has 0 aromatic rings. The Hall–Kier alpha value is -1.84. The van der Waals surface area contributed by atoms with Crippen molar-refractivity contribution in [3.05, 3.63) is 36.0 Å². The molecule has 1 aliphatic rings. The number of amides is 1. The first-order valence-corrected chi connectivity index (χ1v) is 11.8. The van der Waals surface area contributed by atoms with E-state index in [1.165, 1.54) is 31.3 Å². The second-order valence-electron chi connectivity index (χ2n) is 9.11. The van der Waals surface area contributed by atoms with E-state index in [-0.39, 0.29) is 5.91 Å². The molecular weight excluding hydrogens is 374 g/mol. The maximum atomic E-state index is 13.2. The Morgan fingerprint density at radius 3 is 2.47 bits per heavy atom. The number of carboxylic acid groups (broad SMARTS) is 1. The van der Waals surface area contributed by atoms with Crippen molar-refractivity contribution in [2.45, 2.75) is 91.9 Å². The standard InChI is InChI=1S/C26H43NO3/c1-5-6-7-8-9-12-20-27-25(30)26(18-11-10-16-23(26)24(28)29)19-17-22(4)15-13-14-21(2)3/h10-11,14,16,18,22-23H,5-9,12-13,15,17,19-20H2,1-4H3,(H,27,30)(H,28,29)/p-1. The number of hydrogen-bond acceptors (Lipinski definition) is 3. The van der Waals surface area contributed by atoms with Crippen LogP contribution in [0.25, 0.3) is 0 Å². The summed E-state index contributed by atoms with van der Waals surface area (Å²) >= 11 is 0. The van der Waals surface area contributed by atoms with Gasteiger partial charge in [-0.05, 0) is 51.9 Å². The molecule has 1 aliphatic carbocycles. The van der Waals surface area contributed by atoms with Crippen LogP contribution < -0.4 is 10.4 Å². The summed E-state index contributed by atoms with van der Waals surface area (Å²) in [6.45, 7) is 9.16. The molecule has 3 atom stereocenters. The van der Waals surface area contributed by atoms with Crippen LogP contribution in [0.1, 0.15) is 91.9 Å². The third kappa shape index (κ3) is 8.89. The summed E-state index contributed by atoms with van der Waals surface area (Å²) in [6, 6.07) is 0. The highest BCUT2D eigenvalue weighted by atomic mass is 16.4. The van der Waals surface area contributed by atoms with Crippen molar-refractivity contribution in [2.75, 3.05) is 6.54 Å². The number of carbonyl (C=O) groups is 2. The topological polar surface area (TPSA) is 69.2 Å². The average molecular weight is 417 g/mol. The van der Waals surface area contributed by atoms with E-state index in [1.54, 1.807) is 24.3 Å². The molecule has 0 radical (unpaired) electrons. The van der Waals surface area contributed by atoms with Crippen LogP contribution in [0.4, 0.5) is 0 Å². The Labute approximate surface area is 183 Å². The van der Waals surface area contributed by atoms with E-state index < -0.39 is 17.3 Å². The number of unbranched alkanes of at least 4 members (excludes halogenated alkanes) is 5. The van der Waals surface area contributed by atoms with Crippen molar-refractivity contribution in [1.29, 1.82) is 0 Å². The van der Waals surface area contributed by atoms with Gasteiger partial charge in [-0.1, -0.05) is 81.9 Å². The van der Waals surface area contributed by atoms with Crippen LogP contribution in [-0.2, 0) is 9.59 Å². The maximum absolute atomic E-state index is 13.2. The number of nitrogens with one attached hydrogen (secondary N) is 1. The minimum Gasteiger partial charge on any atom is -0.549 e. The molecule has 0 saturated heterocycles. The Balaban J connectivity index is 2.71. The van der Waals surface area contributed by atoms with Gasteiger partial charge in [-0.3, -0.25) is 4.79 Å². The van der Waals surface area contributed by atoms with Gasteiger partial charge in [0, 0.05) is 18.4 Å². The van der Waals surface area contributed by atoms with Gasteiger partial charge in [0.25, 0.3) is 0 Å². The predicted molar refractivity (Wildman–Crippen MR) is 123 cm³/mol. The molecule has 0 aromatic carbocycles. The molecule has 0 saturated carbocycles. The number of rotatable bonds is 15. The van der Waals surface area contributed by atoms with Gasteiger partial charge in [0.1, 0.15) is 0 Å². The molecule has 1 rings (SSSR count). The van der Waals surface area contributed by atoms with Crippen LogP contribution in [0.3, 0.4) is 0 Å². The predicted octanol–water partition coefficient (Wildman–Crippen LogP) is 5.10. The molecule has 0 spiro atoms. The van der Waals surface area contributed by atoms with Gasteiger partial charge in [-0.2, -0.15) is 0 Å². The molecule has 0 bridgehead atoms. The first-order chi connectivity index (χ1) is 14.3. The summed E-state index contributed by atoms with van der Waals surface area (Å²) in [4.78, 5) is 25.0. The van der Waals surface area contributed by atoms with Gasteiger partial charge in [0.05, 0.1) is 5.41 Å². The van der Waals surface area contributed by atoms with Gasteiger partial charge in [0.2, 0.25) is 5.91 Å². The molecule has 0 heterocycles. The van der Waals surface area contributed by atoms with Gasteiger partial charge >= 0.3 is 0 Å². The first kappa shape index (κ1) is 26.2. The van der Waals surface area contributed by atoms with Crippen LogP contribution in [0.5, 0.6) is 0 Å². The lowest BCUT2D eigenvalue weighted by atomic mass is 9.68. The Morgan fingerprint density at radius 2 is 1.80 bits per heavy atom. The lowest BCUT2D eigenvalue weighted by Crippen LogP contribution is -2.51. The normalized spacial score (nSPS) is 21.3. The second kappa shape index (κ2) is 14.2. The van der Waals surface area contributed by atoms with Crippen LogP contribution in [0.15, 0.2) is 36.0 Å². The molecule has 0 fully saturated rings. The van der Waals surface area contributed by atoms with Crippen LogP contribution in [0, 0.1) is 17.3 Å². The zero-order chi connectivity index (χ0) is 22.4. The quantitative estimate of drug-likeness (QED) is 0.298. The lowest BCUT2D eigenvalue weighted by Gasteiger charge is -2.38. The maximum Gasteiger partial charge on any atom is 0.231 e. The monoisotopic (exact) mass is 416 g/mol. The third-order valence-corrected chi connectivity index (χ3v) is 6.12. The number of allylic oxidation sites excluding steroid dienone is 4. The van der Waals surface area contributed by atoms with E-state index in [2.05, 4.69) is 39.1 Å². The van der Waals surface area contributed by atoms with Crippen LogP contribution in [0.2, 0.25) is 0 Å². The molecular formula is C26H42NO3-. The summed E-state index contributed by atoms with van der Waals surface area (Å²) in [6.07, 6.45) is 19.4. The fraction of sp³-hybridized carbons (Fsp3) is 0.692. The fourth-order valence-electron chi connectivity index (χ4n) is 4.09. The van der Waals surface area contributed by atoms with E-state index in [0.717, 1.165) is 32.1 Å². The van der Waals surface area contributed by atoms with E-state index in [0.29, 0.717) is 18.9 Å². The molecule has 30 heavy (non-hydrogen) atoms. The molecule has 170 valence electrons. The molecule has 3 unspecified atom stereocenters. The Kier molecular flexibility index (Phi) is 12.4. The summed E-state index contributed by atoms with van der Waals surface area (Å²) in [5.41, 5.74) is 0.255. The number of hydrogen-bond donors (Lipinski definition) is 1. The SMILES string of the molecule is CCCCCCCCNC(=O)C1(CCC(C)CCC=C(C)C)C=CC=CC1C(=O)[O-]. The molecule has 1 amide bonds. The average Bonchev–Trinajstić information content (AvgIpc) is 2.71. The van der Waals surface area contributed by atoms with Gasteiger partial charge < -0.3 is 15.2 Å². The van der Waals surface area contributed by atoms with Crippen molar-refractivity contribution >= 4 is 11.9 Å². The summed E-state index contributed by atoms with van der Waals surface area (Å²) < 4.78 is 0. The van der Waals surface area contributed by atoms with Gasteiger partial charge in [0.15, 0.2) is 0 Å². The van der Waals surface area contributed by atoms with Crippen LogP contribution >= 0.6 is 0 Å². The number of aliphatic carboxylic acids is 1. The van der Waals surface area contributed by atoms with E-state index >= 15 is 0 Å². The van der Waals surface area contributed by atoms with Crippen molar-refractivity contribution in [3.63, 3.8) is 0 Å². The summed E-state index contributed by atoms with van der Waals surface area (Å²) in [5, 5.41) is 14.9. The van der Waals surface area contributed by atoms with Crippen molar-refractivity contribution in [3.8, 4) is 0 Å². The lowest BCUT2D eigenvalue weighted by molar-refractivity contribution is -0.312. The number of carboxylic acids is 1. The highest BCUT2D eigenvalue weighted by Gasteiger charge is 2.43. The van der Waals surface area contributed by atoms with Crippen molar-refractivity contribution < 1.29 is 14.7 Å². The van der Waals surface area contributed by atoms with E-state index in [9.17, 15) is 14.7 Å². The number of carbonyl (C=O) groups excluding carboxylic acids is 2. The molecule has 4 heteroatoms. The van der Waals surface area contributed by atoms with Gasteiger partial charge in [-0.15, -0.1) is 0 Å². The highest BCUT2D eigenvalue weighted by Crippen LogP contribution is 2.40. The smallest absolute Gasteiger partial charge is 0.231 e. The molecule has 0 aromatic heterocycles. The second-order valence-corrected chi connectivity index (χ2v) is 9.11. The van der Waals surface area contributed by atoms with Crippen molar-refractivity contribution in [1.82, 2.24) is 5.32 Å². The van der Waals surface area contributed by atoms with E-state index in [1.807, 2.05) is 0 Å². The third-order valence-electron chi connectivity index (χ3n) is 6.12. The minimum absolute atomic E-state index is 0.178. The Morgan fingerprint density at radius 1 is 1.10 bits per heavy atom.